The van der Waals surface area contributed by atoms with Crippen LogP contribution in [0, 0.1) is 11.3 Å². The van der Waals surface area contributed by atoms with Crippen LogP contribution in [0.25, 0.3) is 0 Å². The number of hydrogen-bond donors (Lipinski definition) is 1. The Morgan fingerprint density at radius 3 is 2.60 bits per heavy atom. The van der Waals surface area contributed by atoms with E-state index in [9.17, 15) is 14.7 Å². The number of Topliss-reactive ketones (excluding diaryl/α,β-unsaturated/α-hetero) is 1. The fourth-order valence-electron chi connectivity index (χ4n) is 7.70. The summed E-state index contributed by atoms with van der Waals surface area (Å²) >= 11 is 0. The van der Waals surface area contributed by atoms with Crippen LogP contribution in [0.5, 0.6) is 0 Å². The molecule has 2 saturated heterocycles. The largest absolute Gasteiger partial charge is 0.463 e. The molecule has 4 rings (SSSR count). The highest BCUT2D eigenvalue weighted by Crippen LogP contribution is 2.36. The van der Waals surface area contributed by atoms with Crippen LogP contribution in [0.3, 0.4) is 0 Å². The zero-order valence-corrected chi connectivity index (χ0v) is 30.9. The van der Waals surface area contributed by atoms with Crippen molar-refractivity contribution in [2.24, 2.45) is 11.3 Å². The number of likely N-dealkylation sites (N-methyl/N-ethyl adjacent to an activating group) is 2. The number of aliphatic hydroxyl groups is 1. The van der Waals surface area contributed by atoms with Crippen LogP contribution in [0.15, 0.2) is 18.5 Å². The van der Waals surface area contributed by atoms with Crippen molar-refractivity contribution in [3.05, 3.63) is 29.6 Å². The van der Waals surface area contributed by atoms with E-state index in [0.29, 0.717) is 12.8 Å². The molecule has 1 aromatic rings. The first kappa shape index (κ1) is 38.8. The summed E-state index contributed by atoms with van der Waals surface area (Å²) in [5.41, 5.74) is 0.405. The number of aliphatic hydroxyl groups excluding tert-OH is 1. The third-order valence-corrected chi connectivity index (χ3v) is 11.0. The molecule has 2 fully saturated rings. The molecule has 0 radical (unpaired) electrons. The van der Waals surface area contributed by atoms with Crippen LogP contribution in [-0.2, 0) is 41.5 Å². The van der Waals surface area contributed by atoms with Gasteiger partial charge in [-0.2, -0.15) is 0 Å². The second-order valence-corrected chi connectivity index (χ2v) is 15.4. The summed E-state index contributed by atoms with van der Waals surface area (Å²) in [6, 6.07) is 1.97. The Labute approximate surface area is 288 Å². The molecule has 0 unspecified atom stereocenters. The maximum absolute atomic E-state index is 14.0. The van der Waals surface area contributed by atoms with Crippen LogP contribution >= 0.6 is 0 Å². The number of esters is 1. The SMILES string of the molecule is CCN1C[C@H](C)C[C@@](C)(OC)[C@H](O[C@@H]2O[C@H](C)C[C@H](N(C)C)[C@H]2O)CC(=O)C(C)(C)C(=O)OC[C@@H]1CCCN1CCc2cnccc2C1. The first-order chi connectivity index (χ1) is 22.7. The van der Waals surface area contributed by atoms with Crippen molar-refractivity contribution in [3.8, 4) is 0 Å². The van der Waals surface area contributed by atoms with E-state index in [2.05, 4.69) is 34.7 Å². The molecule has 272 valence electrons. The number of aromatic nitrogens is 1. The molecule has 8 atom stereocenters. The summed E-state index contributed by atoms with van der Waals surface area (Å²) in [6.45, 7) is 16.3. The lowest BCUT2D eigenvalue weighted by Gasteiger charge is -2.45. The van der Waals surface area contributed by atoms with Crippen molar-refractivity contribution >= 4 is 11.8 Å². The van der Waals surface area contributed by atoms with Crippen molar-refractivity contribution < 1.29 is 33.6 Å². The lowest BCUT2D eigenvalue weighted by Crippen LogP contribution is -2.57. The maximum Gasteiger partial charge on any atom is 0.319 e. The van der Waals surface area contributed by atoms with Gasteiger partial charge in [0.05, 0.1) is 17.8 Å². The Morgan fingerprint density at radius 2 is 1.92 bits per heavy atom. The maximum atomic E-state index is 14.0. The highest BCUT2D eigenvalue weighted by molar-refractivity contribution is 6.03. The monoisotopic (exact) mass is 674 g/mol. The molecule has 11 heteroatoms. The van der Waals surface area contributed by atoms with Gasteiger partial charge in [0.1, 0.15) is 18.1 Å². The molecule has 3 aliphatic rings. The van der Waals surface area contributed by atoms with Gasteiger partial charge in [-0.3, -0.25) is 24.4 Å². The van der Waals surface area contributed by atoms with E-state index in [1.165, 1.54) is 11.1 Å². The minimum Gasteiger partial charge on any atom is -0.463 e. The third kappa shape index (κ3) is 9.41. The molecule has 4 heterocycles. The Morgan fingerprint density at radius 1 is 1.17 bits per heavy atom. The fourth-order valence-corrected chi connectivity index (χ4v) is 7.70. The molecule has 0 bridgehead atoms. The number of carbonyl (C=O) groups excluding carboxylic acids is 2. The molecule has 1 N–H and O–H groups in total. The number of fused-ring (bicyclic) bond motifs is 1. The van der Waals surface area contributed by atoms with Crippen LogP contribution in [0.2, 0.25) is 0 Å². The van der Waals surface area contributed by atoms with E-state index < -0.39 is 35.5 Å². The van der Waals surface area contributed by atoms with Gasteiger partial charge in [-0.1, -0.05) is 13.8 Å². The number of cyclic esters (lactones) is 1. The fraction of sp³-hybridized carbons (Fsp3) is 0.811. The Balaban J connectivity index is 1.53. The minimum absolute atomic E-state index is 0.0189. The number of ether oxygens (including phenoxy) is 4. The summed E-state index contributed by atoms with van der Waals surface area (Å²) < 4.78 is 24.9. The Kier molecular flexibility index (Phi) is 13.6. The van der Waals surface area contributed by atoms with Gasteiger partial charge in [0.15, 0.2) is 12.1 Å². The molecule has 0 aliphatic carbocycles. The average molecular weight is 675 g/mol. The Bertz CT molecular complexity index is 1210. The van der Waals surface area contributed by atoms with E-state index in [1.807, 2.05) is 45.2 Å². The summed E-state index contributed by atoms with van der Waals surface area (Å²) in [5, 5.41) is 11.3. The van der Waals surface area contributed by atoms with Gasteiger partial charge in [0.25, 0.3) is 0 Å². The van der Waals surface area contributed by atoms with Crippen molar-refractivity contribution in [1.29, 1.82) is 0 Å². The third-order valence-electron chi connectivity index (χ3n) is 11.0. The predicted octanol–water partition coefficient (Wildman–Crippen LogP) is 3.70. The van der Waals surface area contributed by atoms with Gasteiger partial charge in [0, 0.05) is 57.6 Å². The molecule has 0 saturated carbocycles. The zero-order chi connectivity index (χ0) is 35.2. The van der Waals surface area contributed by atoms with Gasteiger partial charge in [-0.15, -0.1) is 0 Å². The molecule has 0 spiro atoms. The first-order valence-corrected chi connectivity index (χ1v) is 18.0. The van der Waals surface area contributed by atoms with Crippen LogP contribution < -0.4 is 0 Å². The number of hydrogen-bond acceptors (Lipinski definition) is 11. The molecule has 3 aliphatic heterocycles. The van der Waals surface area contributed by atoms with E-state index >= 15 is 0 Å². The second-order valence-electron chi connectivity index (χ2n) is 15.4. The number of pyridine rings is 1. The number of rotatable bonds is 9. The molecule has 11 nitrogen and oxygen atoms in total. The molecule has 0 amide bonds. The van der Waals surface area contributed by atoms with Crippen molar-refractivity contribution in [2.75, 3.05) is 54.0 Å². The van der Waals surface area contributed by atoms with Crippen LogP contribution in [0.1, 0.15) is 84.8 Å². The van der Waals surface area contributed by atoms with Gasteiger partial charge in [0.2, 0.25) is 0 Å². The summed E-state index contributed by atoms with van der Waals surface area (Å²) in [7, 11) is 5.50. The van der Waals surface area contributed by atoms with Crippen molar-refractivity contribution in [2.45, 2.75) is 129 Å². The number of ketones is 1. The first-order valence-electron chi connectivity index (χ1n) is 18.0. The quantitative estimate of drug-likeness (QED) is 0.306. The second kappa shape index (κ2) is 16.8. The average Bonchev–Trinajstić information content (AvgIpc) is 3.05. The van der Waals surface area contributed by atoms with Crippen LogP contribution in [-0.4, -0.2) is 133 Å². The van der Waals surface area contributed by atoms with Gasteiger partial charge < -0.3 is 29.0 Å². The number of carbonyl (C=O) groups is 2. The minimum atomic E-state index is -1.39. The lowest BCUT2D eigenvalue weighted by molar-refractivity contribution is -0.289. The van der Waals surface area contributed by atoms with Gasteiger partial charge in [-0.25, -0.2) is 0 Å². The predicted molar refractivity (Wildman–Crippen MR) is 184 cm³/mol. The molecular weight excluding hydrogens is 612 g/mol. The van der Waals surface area contributed by atoms with Gasteiger partial charge >= 0.3 is 5.97 Å². The lowest BCUT2D eigenvalue weighted by atomic mass is 9.79. The highest BCUT2D eigenvalue weighted by atomic mass is 16.7. The van der Waals surface area contributed by atoms with Crippen molar-refractivity contribution in [3.63, 3.8) is 0 Å². The Hall–Kier alpha value is -1.99. The smallest absolute Gasteiger partial charge is 0.319 e. The number of nitrogens with zero attached hydrogens (tertiary/aromatic N) is 4. The van der Waals surface area contributed by atoms with Crippen molar-refractivity contribution in [1.82, 2.24) is 19.7 Å². The molecular formula is C37H62N4O7. The van der Waals surface area contributed by atoms with Gasteiger partial charge in [-0.05, 0) is 110 Å². The zero-order valence-electron chi connectivity index (χ0n) is 30.9. The summed E-state index contributed by atoms with van der Waals surface area (Å²) in [4.78, 5) is 38.7. The number of methoxy groups -OCH3 is 1. The molecule has 0 aromatic carbocycles. The van der Waals surface area contributed by atoms with E-state index in [0.717, 1.165) is 52.0 Å². The topological polar surface area (TPSA) is 114 Å². The van der Waals surface area contributed by atoms with E-state index in [-0.39, 0.29) is 42.9 Å². The molecule has 1 aromatic heterocycles. The van der Waals surface area contributed by atoms with E-state index in [1.54, 1.807) is 21.0 Å². The molecule has 48 heavy (non-hydrogen) atoms. The normalized spacial score (nSPS) is 34.5. The van der Waals surface area contributed by atoms with Crippen LogP contribution in [0.4, 0.5) is 0 Å². The highest BCUT2D eigenvalue weighted by Gasteiger charge is 2.48. The summed E-state index contributed by atoms with van der Waals surface area (Å²) in [5.74, 6) is -0.657. The standard InChI is InChI=1S/C37H62N4O7/c1-10-41-22-25(2)20-37(6,45-9)32(48-34-33(43)30(39(7)8)18-26(3)47-34)19-31(42)36(4,5)35(44)46-24-29(41)12-11-16-40-17-14-27-21-38-15-13-28(27)23-40/h13,15,21,25-26,29-30,32-34,43H,10-12,14,16-20,22-24H2,1-9H3/t25-,26-,29+,30+,32-,33-,34+,37-/m1/s1. The summed E-state index contributed by atoms with van der Waals surface area (Å²) in [6.07, 6.45) is 5.11. The van der Waals surface area contributed by atoms with E-state index in [4.69, 9.17) is 18.9 Å².